The fourth-order valence-electron chi connectivity index (χ4n) is 2.76. The first-order valence-electron chi connectivity index (χ1n) is 7.57. The molecule has 0 atom stereocenters. The highest BCUT2D eigenvalue weighted by Crippen LogP contribution is 2.24. The number of benzene rings is 1. The molecule has 0 aliphatic carbocycles. The Morgan fingerprint density at radius 2 is 1.91 bits per heavy atom. The van der Waals surface area contributed by atoms with Crippen LogP contribution in [0, 0.1) is 5.92 Å². The Morgan fingerprint density at radius 1 is 1.13 bits per heavy atom. The Bertz CT molecular complexity index is 583. The maximum atomic E-state index is 6.01. The summed E-state index contributed by atoms with van der Waals surface area (Å²) in [5, 5.41) is 7.62. The Morgan fingerprint density at radius 3 is 2.65 bits per heavy atom. The molecular formula is C17H23Cl3N2O. The number of hydrogen-bond acceptors (Lipinski definition) is 3. The molecule has 0 saturated carbocycles. The van der Waals surface area contributed by atoms with E-state index in [1.165, 1.54) is 12.8 Å². The lowest BCUT2D eigenvalue weighted by molar-refractivity contribution is 0.350. The van der Waals surface area contributed by atoms with Crippen LogP contribution in [0.25, 0.3) is 11.3 Å². The second-order valence-corrected chi connectivity index (χ2v) is 6.04. The Balaban J connectivity index is 0.00000132. The third-order valence-corrected chi connectivity index (χ3v) is 4.20. The van der Waals surface area contributed by atoms with Crippen LogP contribution in [-0.4, -0.2) is 19.6 Å². The summed E-state index contributed by atoms with van der Waals surface area (Å²) >= 11 is 6.01. The number of furan rings is 1. The number of hydrogen-bond donors (Lipinski definition) is 2. The molecule has 1 aromatic carbocycles. The highest BCUT2D eigenvalue weighted by atomic mass is 35.5. The van der Waals surface area contributed by atoms with Gasteiger partial charge in [0.1, 0.15) is 11.5 Å². The van der Waals surface area contributed by atoms with Gasteiger partial charge in [-0.2, -0.15) is 0 Å². The summed E-state index contributed by atoms with van der Waals surface area (Å²) in [4.78, 5) is 0. The largest absolute Gasteiger partial charge is 0.460 e. The van der Waals surface area contributed by atoms with Crippen LogP contribution in [-0.2, 0) is 6.54 Å². The van der Waals surface area contributed by atoms with Crippen molar-refractivity contribution in [1.29, 1.82) is 0 Å². The summed E-state index contributed by atoms with van der Waals surface area (Å²) in [6, 6.07) is 11.8. The lowest BCUT2D eigenvalue weighted by Gasteiger charge is -2.22. The average molecular weight is 378 g/mol. The van der Waals surface area contributed by atoms with Crippen LogP contribution in [0.3, 0.4) is 0 Å². The highest BCUT2D eigenvalue weighted by Gasteiger charge is 2.12. The summed E-state index contributed by atoms with van der Waals surface area (Å²) in [5.41, 5.74) is 1.02. The predicted molar refractivity (Wildman–Crippen MR) is 101 cm³/mol. The molecule has 2 N–H and O–H groups in total. The molecule has 1 saturated heterocycles. The van der Waals surface area contributed by atoms with Crippen LogP contribution < -0.4 is 10.6 Å². The summed E-state index contributed by atoms with van der Waals surface area (Å²) in [5.74, 6) is 2.63. The van der Waals surface area contributed by atoms with Gasteiger partial charge in [-0.25, -0.2) is 0 Å². The van der Waals surface area contributed by atoms with E-state index in [0.717, 1.165) is 54.2 Å². The van der Waals surface area contributed by atoms with E-state index in [9.17, 15) is 0 Å². The monoisotopic (exact) mass is 376 g/mol. The average Bonchev–Trinajstić information content (AvgIpc) is 2.97. The van der Waals surface area contributed by atoms with Crippen molar-refractivity contribution < 1.29 is 4.42 Å². The standard InChI is InChI=1S/C17H21ClN2O.2ClH/c18-15-3-1-2-14(10-15)17-5-4-16(21-17)12-20-11-13-6-8-19-9-7-13;;/h1-5,10,13,19-20H,6-9,11-12H2;2*1H. The summed E-state index contributed by atoms with van der Waals surface area (Å²) in [6.45, 7) is 4.14. The molecule has 1 aliphatic rings. The Labute approximate surface area is 155 Å². The van der Waals surface area contributed by atoms with Gasteiger partial charge in [-0.3, -0.25) is 0 Å². The molecule has 23 heavy (non-hydrogen) atoms. The molecule has 1 aromatic heterocycles. The molecule has 3 nitrogen and oxygen atoms in total. The van der Waals surface area contributed by atoms with Gasteiger partial charge in [0.05, 0.1) is 6.54 Å². The Hall–Kier alpha value is -0.710. The van der Waals surface area contributed by atoms with Crippen LogP contribution in [0.15, 0.2) is 40.8 Å². The lowest BCUT2D eigenvalue weighted by Crippen LogP contribution is -2.33. The first kappa shape index (κ1) is 20.3. The zero-order chi connectivity index (χ0) is 14.5. The summed E-state index contributed by atoms with van der Waals surface area (Å²) < 4.78 is 5.88. The van der Waals surface area contributed by atoms with E-state index >= 15 is 0 Å². The van der Waals surface area contributed by atoms with E-state index in [-0.39, 0.29) is 24.8 Å². The van der Waals surface area contributed by atoms with Gasteiger partial charge in [0.2, 0.25) is 0 Å². The van der Waals surface area contributed by atoms with E-state index in [4.69, 9.17) is 16.0 Å². The first-order chi connectivity index (χ1) is 10.3. The van der Waals surface area contributed by atoms with Crippen molar-refractivity contribution in [1.82, 2.24) is 10.6 Å². The Kier molecular flexibility index (Phi) is 9.03. The minimum atomic E-state index is 0. The second kappa shape index (κ2) is 10.2. The number of nitrogens with one attached hydrogen (secondary N) is 2. The van der Waals surface area contributed by atoms with Crippen LogP contribution in [0.1, 0.15) is 18.6 Å². The van der Waals surface area contributed by atoms with E-state index in [2.05, 4.69) is 10.6 Å². The molecule has 1 aliphatic heterocycles. The van der Waals surface area contributed by atoms with Gasteiger partial charge < -0.3 is 15.1 Å². The van der Waals surface area contributed by atoms with E-state index < -0.39 is 0 Å². The molecular weight excluding hydrogens is 355 g/mol. The third-order valence-electron chi connectivity index (χ3n) is 3.96. The van der Waals surface area contributed by atoms with Gasteiger partial charge in [0, 0.05) is 10.6 Å². The predicted octanol–water partition coefficient (Wildman–Crippen LogP) is 4.53. The number of piperidine rings is 1. The van der Waals surface area contributed by atoms with Crippen molar-refractivity contribution in [2.75, 3.05) is 19.6 Å². The smallest absolute Gasteiger partial charge is 0.134 e. The van der Waals surface area contributed by atoms with Crippen molar-refractivity contribution in [3.8, 4) is 11.3 Å². The molecule has 3 rings (SSSR count). The van der Waals surface area contributed by atoms with Crippen molar-refractivity contribution in [2.45, 2.75) is 19.4 Å². The van der Waals surface area contributed by atoms with Crippen LogP contribution in [0.4, 0.5) is 0 Å². The zero-order valence-electron chi connectivity index (χ0n) is 12.9. The summed E-state index contributed by atoms with van der Waals surface area (Å²) in [6.07, 6.45) is 2.53. The van der Waals surface area contributed by atoms with E-state index in [1.54, 1.807) is 0 Å². The molecule has 0 unspecified atom stereocenters. The lowest BCUT2D eigenvalue weighted by atomic mass is 9.98. The molecule has 0 amide bonds. The maximum Gasteiger partial charge on any atom is 0.134 e. The van der Waals surface area contributed by atoms with Crippen LogP contribution >= 0.6 is 36.4 Å². The highest BCUT2D eigenvalue weighted by molar-refractivity contribution is 6.30. The molecule has 0 bridgehead atoms. The van der Waals surface area contributed by atoms with Gasteiger partial charge in [-0.05, 0) is 62.7 Å². The van der Waals surface area contributed by atoms with Crippen molar-refractivity contribution in [3.63, 3.8) is 0 Å². The maximum absolute atomic E-state index is 6.01. The fraction of sp³-hybridized carbons (Fsp3) is 0.412. The topological polar surface area (TPSA) is 37.2 Å². The van der Waals surface area contributed by atoms with Gasteiger partial charge >= 0.3 is 0 Å². The van der Waals surface area contributed by atoms with E-state index in [0.29, 0.717) is 0 Å². The summed E-state index contributed by atoms with van der Waals surface area (Å²) in [7, 11) is 0. The molecule has 0 spiro atoms. The molecule has 1 fully saturated rings. The molecule has 6 heteroatoms. The normalized spacial score (nSPS) is 14.8. The molecule has 2 heterocycles. The van der Waals surface area contributed by atoms with E-state index in [1.807, 2.05) is 36.4 Å². The number of halogens is 3. The van der Waals surface area contributed by atoms with Crippen LogP contribution in [0.2, 0.25) is 5.02 Å². The van der Waals surface area contributed by atoms with Gasteiger partial charge in [-0.1, -0.05) is 23.7 Å². The van der Waals surface area contributed by atoms with Crippen molar-refractivity contribution in [2.24, 2.45) is 5.92 Å². The third kappa shape index (κ3) is 6.02. The molecule has 2 aromatic rings. The minimum absolute atomic E-state index is 0. The van der Waals surface area contributed by atoms with Crippen molar-refractivity contribution >= 4 is 36.4 Å². The quantitative estimate of drug-likeness (QED) is 0.803. The number of rotatable bonds is 5. The van der Waals surface area contributed by atoms with Crippen molar-refractivity contribution in [3.05, 3.63) is 47.2 Å². The first-order valence-corrected chi connectivity index (χ1v) is 7.95. The molecule has 128 valence electrons. The van der Waals surface area contributed by atoms with Gasteiger partial charge in [0.25, 0.3) is 0 Å². The second-order valence-electron chi connectivity index (χ2n) is 5.60. The van der Waals surface area contributed by atoms with Gasteiger partial charge in [-0.15, -0.1) is 24.8 Å². The zero-order valence-corrected chi connectivity index (χ0v) is 15.3. The minimum Gasteiger partial charge on any atom is -0.460 e. The fourth-order valence-corrected chi connectivity index (χ4v) is 2.95. The molecule has 0 radical (unpaired) electrons. The van der Waals surface area contributed by atoms with Gasteiger partial charge in [0.15, 0.2) is 0 Å². The van der Waals surface area contributed by atoms with Crippen LogP contribution in [0.5, 0.6) is 0 Å². The SMILES string of the molecule is Cl.Cl.Clc1cccc(-c2ccc(CNCC3CCNCC3)o2)c1.